The predicted molar refractivity (Wildman–Crippen MR) is 118 cm³/mol. The van der Waals surface area contributed by atoms with Crippen molar-refractivity contribution < 1.29 is 17.9 Å². The second kappa shape index (κ2) is 9.38. The van der Waals surface area contributed by atoms with Crippen LogP contribution in [0.25, 0.3) is 0 Å². The number of ether oxygens (including phenoxy) is 1. The number of amides is 1. The van der Waals surface area contributed by atoms with Gasteiger partial charge in [0.05, 0.1) is 12.0 Å². The number of methoxy groups -OCH3 is 1. The van der Waals surface area contributed by atoms with Gasteiger partial charge in [0.15, 0.2) is 0 Å². The summed E-state index contributed by atoms with van der Waals surface area (Å²) in [6.07, 6.45) is 2.09. The van der Waals surface area contributed by atoms with Crippen LogP contribution in [0.2, 0.25) is 0 Å². The number of carbonyl (C=O) groups excluding carboxylic acids is 1. The van der Waals surface area contributed by atoms with Gasteiger partial charge in [0, 0.05) is 32.2 Å². The Hall–Kier alpha value is -2.42. The first-order valence-electron chi connectivity index (χ1n) is 10.7. The molecule has 0 saturated carbocycles. The Balaban J connectivity index is 1.37. The molecule has 4 rings (SSSR count). The van der Waals surface area contributed by atoms with Crippen molar-refractivity contribution in [2.75, 3.05) is 26.7 Å². The number of sulfonamides is 1. The molecule has 31 heavy (non-hydrogen) atoms. The molecule has 0 aromatic heterocycles. The number of hydrogen-bond donors (Lipinski definition) is 1. The fourth-order valence-electron chi connectivity index (χ4n) is 4.41. The third-order valence-corrected chi connectivity index (χ3v) is 7.96. The highest BCUT2D eigenvalue weighted by Crippen LogP contribution is 2.27. The van der Waals surface area contributed by atoms with Crippen molar-refractivity contribution in [3.63, 3.8) is 0 Å². The van der Waals surface area contributed by atoms with Crippen LogP contribution in [0.1, 0.15) is 24.8 Å². The van der Waals surface area contributed by atoms with Gasteiger partial charge >= 0.3 is 0 Å². The summed E-state index contributed by atoms with van der Waals surface area (Å²) in [6, 6.07) is 16.0. The van der Waals surface area contributed by atoms with Gasteiger partial charge in [0.2, 0.25) is 15.9 Å². The van der Waals surface area contributed by atoms with Gasteiger partial charge < -0.3 is 10.1 Å². The maximum atomic E-state index is 13.1. The van der Waals surface area contributed by atoms with Crippen LogP contribution in [0, 0.1) is 0 Å². The summed E-state index contributed by atoms with van der Waals surface area (Å²) in [5, 5.41) is 3.10. The van der Waals surface area contributed by atoms with Crippen LogP contribution in [-0.4, -0.2) is 62.4 Å². The van der Waals surface area contributed by atoms with Crippen molar-refractivity contribution in [3.8, 4) is 5.75 Å². The highest BCUT2D eigenvalue weighted by molar-refractivity contribution is 7.89. The van der Waals surface area contributed by atoms with Gasteiger partial charge in [-0.1, -0.05) is 30.3 Å². The Kier molecular flexibility index (Phi) is 6.60. The number of hydrogen-bond acceptors (Lipinski definition) is 5. The Morgan fingerprint density at radius 3 is 2.52 bits per heavy atom. The molecule has 2 aliphatic rings. The van der Waals surface area contributed by atoms with E-state index in [1.165, 1.54) is 29.1 Å². The number of nitrogens with zero attached hydrogens (tertiary/aromatic N) is 2. The van der Waals surface area contributed by atoms with E-state index in [1.54, 1.807) is 12.1 Å². The molecule has 2 fully saturated rings. The third kappa shape index (κ3) is 4.92. The molecule has 2 heterocycles. The van der Waals surface area contributed by atoms with Gasteiger partial charge in [-0.3, -0.25) is 9.69 Å². The summed E-state index contributed by atoms with van der Waals surface area (Å²) in [4.78, 5) is 15.5. The molecule has 0 spiro atoms. The molecular formula is C23H29N3O4S. The van der Waals surface area contributed by atoms with Gasteiger partial charge in [-0.15, -0.1) is 0 Å². The lowest BCUT2D eigenvalue weighted by molar-refractivity contribution is -0.124. The Bertz CT molecular complexity index is 995. The highest BCUT2D eigenvalue weighted by Gasteiger charge is 2.40. The SMILES string of the molecule is COc1ccc(S(=O)(=O)N2CCC[C@@H]2C(=O)N[C@@H]2CCN(Cc3ccccc3)C2)cc1. The van der Waals surface area contributed by atoms with Crippen molar-refractivity contribution in [1.82, 2.24) is 14.5 Å². The van der Waals surface area contributed by atoms with E-state index in [0.29, 0.717) is 25.1 Å². The predicted octanol–water partition coefficient (Wildman–Crippen LogP) is 2.24. The van der Waals surface area contributed by atoms with E-state index in [-0.39, 0.29) is 16.8 Å². The third-order valence-electron chi connectivity index (χ3n) is 6.04. The summed E-state index contributed by atoms with van der Waals surface area (Å²) >= 11 is 0. The highest BCUT2D eigenvalue weighted by atomic mass is 32.2. The second-order valence-corrected chi connectivity index (χ2v) is 10.1. The first kappa shape index (κ1) is 21.8. The molecule has 0 unspecified atom stereocenters. The maximum absolute atomic E-state index is 13.1. The lowest BCUT2D eigenvalue weighted by atomic mass is 10.2. The molecular weight excluding hydrogens is 414 g/mol. The van der Waals surface area contributed by atoms with Crippen LogP contribution >= 0.6 is 0 Å². The molecule has 2 aromatic carbocycles. The van der Waals surface area contributed by atoms with Crippen molar-refractivity contribution in [2.45, 2.75) is 42.8 Å². The van der Waals surface area contributed by atoms with Gasteiger partial charge in [0.25, 0.3) is 0 Å². The van der Waals surface area contributed by atoms with Crippen molar-refractivity contribution in [3.05, 3.63) is 60.2 Å². The molecule has 1 N–H and O–H groups in total. The van der Waals surface area contributed by atoms with Crippen LogP contribution < -0.4 is 10.1 Å². The van der Waals surface area contributed by atoms with E-state index in [9.17, 15) is 13.2 Å². The maximum Gasteiger partial charge on any atom is 0.243 e. The fourth-order valence-corrected chi connectivity index (χ4v) is 6.06. The topological polar surface area (TPSA) is 79.0 Å². The average Bonchev–Trinajstić information content (AvgIpc) is 3.45. The first-order chi connectivity index (χ1) is 15.0. The minimum Gasteiger partial charge on any atom is -0.497 e. The number of rotatable bonds is 7. The average molecular weight is 444 g/mol. The molecule has 0 bridgehead atoms. The van der Waals surface area contributed by atoms with Crippen LogP contribution in [0.3, 0.4) is 0 Å². The Labute approximate surface area is 184 Å². The standard InChI is InChI=1S/C23H29N3O4S/c1-30-20-9-11-21(12-10-20)31(28,29)26-14-5-8-22(26)23(27)24-19-13-15-25(17-19)16-18-6-3-2-4-7-18/h2-4,6-7,9-12,19,22H,5,8,13-17H2,1H3,(H,24,27)/t19-,22-/m1/s1. The van der Waals surface area contributed by atoms with E-state index >= 15 is 0 Å². The van der Waals surface area contributed by atoms with Gasteiger partial charge in [-0.25, -0.2) is 8.42 Å². The molecule has 166 valence electrons. The van der Waals surface area contributed by atoms with Crippen LogP contribution in [0.4, 0.5) is 0 Å². The van der Waals surface area contributed by atoms with Gasteiger partial charge in [-0.05, 0) is 49.1 Å². The van der Waals surface area contributed by atoms with E-state index in [0.717, 1.165) is 26.1 Å². The largest absolute Gasteiger partial charge is 0.497 e. The first-order valence-corrected chi connectivity index (χ1v) is 12.1. The van der Waals surface area contributed by atoms with E-state index < -0.39 is 16.1 Å². The number of carbonyl (C=O) groups is 1. The Morgan fingerprint density at radius 2 is 1.81 bits per heavy atom. The monoisotopic (exact) mass is 443 g/mol. The van der Waals surface area contributed by atoms with Crippen LogP contribution in [0.5, 0.6) is 5.75 Å². The summed E-state index contributed by atoms with van der Waals surface area (Å²) in [5.41, 5.74) is 1.25. The minimum atomic E-state index is -3.74. The molecule has 8 heteroatoms. The fraction of sp³-hybridized carbons (Fsp3) is 0.435. The Morgan fingerprint density at radius 1 is 1.06 bits per heavy atom. The smallest absolute Gasteiger partial charge is 0.243 e. The van der Waals surface area contributed by atoms with Crippen LogP contribution in [-0.2, 0) is 21.4 Å². The van der Waals surface area contributed by atoms with Crippen LogP contribution in [0.15, 0.2) is 59.5 Å². The van der Waals surface area contributed by atoms with E-state index in [2.05, 4.69) is 22.3 Å². The lowest BCUT2D eigenvalue weighted by Gasteiger charge is -2.25. The van der Waals surface area contributed by atoms with E-state index in [4.69, 9.17) is 4.74 Å². The van der Waals surface area contributed by atoms with Gasteiger partial charge in [-0.2, -0.15) is 4.31 Å². The zero-order chi connectivity index (χ0) is 21.8. The number of nitrogens with one attached hydrogen (secondary N) is 1. The lowest BCUT2D eigenvalue weighted by Crippen LogP contribution is -2.49. The molecule has 0 radical (unpaired) electrons. The molecule has 0 aliphatic carbocycles. The molecule has 2 aliphatic heterocycles. The quantitative estimate of drug-likeness (QED) is 0.710. The van der Waals surface area contributed by atoms with Crippen molar-refractivity contribution in [1.29, 1.82) is 0 Å². The van der Waals surface area contributed by atoms with Crippen molar-refractivity contribution in [2.24, 2.45) is 0 Å². The molecule has 7 nitrogen and oxygen atoms in total. The summed E-state index contributed by atoms with van der Waals surface area (Å²) in [5.74, 6) is 0.400. The minimum absolute atomic E-state index is 0.0438. The summed E-state index contributed by atoms with van der Waals surface area (Å²) in [6.45, 7) is 2.91. The number of benzene rings is 2. The zero-order valence-electron chi connectivity index (χ0n) is 17.7. The molecule has 2 saturated heterocycles. The summed E-state index contributed by atoms with van der Waals surface area (Å²) < 4.78 is 32.7. The zero-order valence-corrected chi connectivity index (χ0v) is 18.6. The van der Waals surface area contributed by atoms with Crippen molar-refractivity contribution >= 4 is 15.9 Å². The molecule has 2 atom stereocenters. The molecule has 2 aromatic rings. The normalized spacial score (nSPS) is 22.5. The van der Waals surface area contributed by atoms with E-state index in [1.807, 2.05) is 18.2 Å². The van der Waals surface area contributed by atoms with Gasteiger partial charge in [0.1, 0.15) is 11.8 Å². The molecule has 1 amide bonds. The number of likely N-dealkylation sites (tertiary alicyclic amines) is 1. The summed E-state index contributed by atoms with van der Waals surface area (Å²) in [7, 11) is -2.20. The second-order valence-electron chi connectivity index (χ2n) is 8.16.